The number of nitrogens with one attached hydrogen (secondary N) is 1. The van der Waals surface area contributed by atoms with Gasteiger partial charge < -0.3 is 5.32 Å². The van der Waals surface area contributed by atoms with Crippen molar-refractivity contribution in [2.45, 2.75) is 40.2 Å². The summed E-state index contributed by atoms with van der Waals surface area (Å²) in [5, 5.41) is 4.40. The molecule has 0 radical (unpaired) electrons. The third kappa shape index (κ3) is 3.68. The van der Waals surface area contributed by atoms with Crippen LogP contribution in [0.4, 0.5) is 0 Å². The maximum Gasteiger partial charge on any atom is 0.123 e. The molecular formula is C17H24N2S. The standard InChI is InChI=1S/C17H24N2S/c1-5-13-6-8-14(9-7-13)17-19-15(10-12(2)3)16(20-17)11-18-4/h6-9,12,18H,5,10-11H2,1-4H3. The first-order valence-corrected chi connectivity index (χ1v) is 8.18. The fraction of sp³-hybridized carbons (Fsp3) is 0.471. The summed E-state index contributed by atoms with van der Waals surface area (Å²) >= 11 is 1.82. The molecule has 1 N–H and O–H groups in total. The quantitative estimate of drug-likeness (QED) is 0.857. The molecule has 0 fully saturated rings. The average molecular weight is 288 g/mol. The summed E-state index contributed by atoms with van der Waals surface area (Å²) in [5.41, 5.74) is 3.87. The second-order valence-corrected chi connectivity index (χ2v) is 6.65. The van der Waals surface area contributed by atoms with Gasteiger partial charge in [0.2, 0.25) is 0 Å². The van der Waals surface area contributed by atoms with Crippen molar-refractivity contribution in [3.8, 4) is 10.6 Å². The van der Waals surface area contributed by atoms with E-state index < -0.39 is 0 Å². The van der Waals surface area contributed by atoms with Gasteiger partial charge in [0.15, 0.2) is 0 Å². The number of thiazole rings is 1. The van der Waals surface area contributed by atoms with Crippen molar-refractivity contribution in [2.24, 2.45) is 5.92 Å². The van der Waals surface area contributed by atoms with Crippen molar-refractivity contribution in [2.75, 3.05) is 7.05 Å². The van der Waals surface area contributed by atoms with Gasteiger partial charge in [0.05, 0.1) is 5.69 Å². The number of aromatic nitrogens is 1. The number of nitrogens with zero attached hydrogens (tertiary/aromatic N) is 1. The van der Waals surface area contributed by atoms with Crippen LogP contribution in [-0.2, 0) is 19.4 Å². The molecule has 108 valence electrons. The smallest absolute Gasteiger partial charge is 0.123 e. The minimum atomic E-state index is 0.642. The molecule has 2 rings (SSSR count). The van der Waals surface area contributed by atoms with Crippen LogP contribution in [0.1, 0.15) is 36.9 Å². The molecule has 0 saturated carbocycles. The summed E-state index contributed by atoms with van der Waals surface area (Å²) in [6.07, 6.45) is 2.14. The Hall–Kier alpha value is -1.19. The second-order valence-electron chi connectivity index (χ2n) is 5.57. The Labute approximate surface area is 126 Å². The highest BCUT2D eigenvalue weighted by atomic mass is 32.1. The van der Waals surface area contributed by atoms with Crippen molar-refractivity contribution in [3.05, 3.63) is 40.4 Å². The van der Waals surface area contributed by atoms with Gasteiger partial charge >= 0.3 is 0 Å². The molecule has 0 aliphatic heterocycles. The van der Waals surface area contributed by atoms with E-state index in [-0.39, 0.29) is 0 Å². The normalized spacial score (nSPS) is 11.2. The summed E-state index contributed by atoms with van der Waals surface area (Å²) in [6, 6.07) is 8.80. The van der Waals surface area contributed by atoms with E-state index in [1.165, 1.54) is 21.7 Å². The second kappa shape index (κ2) is 7.00. The summed E-state index contributed by atoms with van der Waals surface area (Å²) in [6.45, 7) is 7.59. The van der Waals surface area contributed by atoms with Crippen molar-refractivity contribution >= 4 is 11.3 Å². The number of hydrogen-bond acceptors (Lipinski definition) is 3. The number of benzene rings is 1. The zero-order chi connectivity index (χ0) is 14.5. The molecule has 0 bridgehead atoms. The van der Waals surface area contributed by atoms with E-state index in [9.17, 15) is 0 Å². The highest BCUT2D eigenvalue weighted by Gasteiger charge is 2.13. The number of hydrogen-bond donors (Lipinski definition) is 1. The molecular weight excluding hydrogens is 264 g/mol. The van der Waals surface area contributed by atoms with Gasteiger partial charge in [-0.15, -0.1) is 11.3 Å². The fourth-order valence-electron chi connectivity index (χ4n) is 2.23. The lowest BCUT2D eigenvalue weighted by Gasteiger charge is -2.03. The van der Waals surface area contributed by atoms with Crippen LogP contribution < -0.4 is 5.32 Å². The van der Waals surface area contributed by atoms with Gasteiger partial charge in [-0.2, -0.15) is 0 Å². The summed E-state index contributed by atoms with van der Waals surface area (Å²) in [7, 11) is 1.99. The van der Waals surface area contributed by atoms with Crippen LogP contribution in [0.3, 0.4) is 0 Å². The molecule has 0 aliphatic rings. The van der Waals surface area contributed by atoms with Crippen LogP contribution in [0.2, 0.25) is 0 Å². The molecule has 0 saturated heterocycles. The van der Waals surface area contributed by atoms with Crippen LogP contribution in [0.5, 0.6) is 0 Å². The molecule has 1 heterocycles. The molecule has 0 spiro atoms. The zero-order valence-electron chi connectivity index (χ0n) is 12.9. The van der Waals surface area contributed by atoms with E-state index in [4.69, 9.17) is 4.98 Å². The van der Waals surface area contributed by atoms with E-state index in [2.05, 4.69) is 50.4 Å². The number of rotatable bonds is 6. The minimum absolute atomic E-state index is 0.642. The van der Waals surface area contributed by atoms with Gasteiger partial charge in [0.1, 0.15) is 5.01 Å². The molecule has 2 aromatic rings. The predicted molar refractivity (Wildman–Crippen MR) is 88.2 cm³/mol. The Morgan fingerprint density at radius 2 is 1.90 bits per heavy atom. The Bertz CT molecular complexity index is 541. The molecule has 0 atom stereocenters. The van der Waals surface area contributed by atoms with Gasteiger partial charge in [-0.05, 0) is 31.4 Å². The lowest BCUT2D eigenvalue weighted by atomic mass is 10.1. The van der Waals surface area contributed by atoms with E-state index >= 15 is 0 Å². The van der Waals surface area contributed by atoms with E-state index in [1.807, 2.05) is 18.4 Å². The molecule has 3 heteroatoms. The molecule has 0 aliphatic carbocycles. The average Bonchev–Trinajstić information content (AvgIpc) is 2.82. The largest absolute Gasteiger partial charge is 0.315 e. The molecule has 20 heavy (non-hydrogen) atoms. The lowest BCUT2D eigenvalue weighted by Crippen LogP contribution is -2.07. The molecule has 0 unspecified atom stereocenters. The van der Waals surface area contributed by atoms with Crippen LogP contribution in [0.25, 0.3) is 10.6 Å². The van der Waals surface area contributed by atoms with Gasteiger partial charge in [0.25, 0.3) is 0 Å². The molecule has 1 aromatic carbocycles. The van der Waals surface area contributed by atoms with Crippen LogP contribution in [-0.4, -0.2) is 12.0 Å². The summed E-state index contributed by atoms with van der Waals surface area (Å²) in [4.78, 5) is 6.24. The van der Waals surface area contributed by atoms with Crippen LogP contribution >= 0.6 is 11.3 Å². The molecule has 0 amide bonds. The first kappa shape index (κ1) is 15.2. The van der Waals surface area contributed by atoms with Gasteiger partial charge in [-0.1, -0.05) is 45.0 Å². The first-order valence-electron chi connectivity index (χ1n) is 7.36. The first-order chi connectivity index (χ1) is 9.63. The topological polar surface area (TPSA) is 24.9 Å². The van der Waals surface area contributed by atoms with Gasteiger partial charge in [-0.3, -0.25) is 0 Å². The maximum absolute atomic E-state index is 4.87. The predicted octanol–water partition coefficient (Wildman–Crippen LogP) is 4.29. The summed E-state index contributed by atoms with van der Waals surface area (Å²) in [5.74, 6) is 0.642. The fourth-order valence-corrected chi connectivity index (χ4v) is 3.34. The zero-order valence-corrected chi connectivity index (χ0v) is 13.7. The lowest BCUT2D eigenvalue weighted by molar-refractivity contribution is 0.631. The number of aryl methyl sites for hydroxylation is 1. The highest BCUT2D eigenvalue weighted by molar-refractivity contribution is 7.15. The molecule has 1 aromatic heterocycles. The minimum Gasteiger partial charge on any atom is -0.315 e. The van der Waals surface area contributed by atoms with Crippen molar-refractivity contribution in [3.63, 3.8) is 0 Å². The van der Waals surface area contributed by atoms with E-state index in [0.29, 0.717) is 5.92 Å². The highest BCUT2D eigenvalue weighted by Crippen LogP contribution is 2.29. The monoisotopic (exact) mass is 288 g/mol. The van der Waals surface area contributed by atoms with Gasteiger partial charge in [0, 0.05) is 17.0 Å². The van der Waals surface area contributed by atoms with Crippen molar-refractivity contribution < 1.29 is 0 Å². The Kier molecular flexibility index (Phi) is 5.32. The van der Waals surface area contributed by atoms with Crippen molar-refractivity contribution in [1.82, 2.24) is 10.3 Å². The van der Waals surface area contributed by atoms with E-state index in [1.54, 1.807) is 0 Å². The van der Waals surface area contributed by atoms with Gasteiger partial charge in [-0.25, -0.2) is 4.98 Å². The van der Waals surface area contributed by atoms with E-state index in [0.717, 1.165) is 24.4 Å². The molecule has 2 nitrogen and oxygen atoms in total. The Morgan fingerprint density at radius 1 is 1.20 bits per heavy atom. The summed E-state index contributed by atoms with van der Waals surface area (Å²) < 4.78 is 0. The van der Waals surface area contributed by atoms with Crippen molar-refractivity contribution in [1.29, 1.82) is 0 Å². The SMILES string of the molecule is CCc1ccc(-c2nc(CC(C)C)c(CNC)s2)cc1. The van der Waals surface area contributed by atoms with Crippen LogP contribution in [0, 0.1) is 5.92 Å². The third-order valence-corrected chi connectivity index (χ3v) is 4.47. The Morgan fingerprint density at radius 3 is 2.45 bits per heavy atom. The van der Waals surface area contributed by atoms with Crippen LogP contribution in [0.15, 0.2) is 24.3 Å². The maximum atomic E-state index is 4.87. The third-order valence-electron chi connectivity index (χ3n) is 3.33. The Balaban J connectivity index is 2.30.